The number of nitrogens with one attached hydrogen (secondary N) is 2. The predicted molar refractivity (Wildman–Crippen MR) is 106 cm³/mol. The third-order valence-corrected chi connectivity index (χ3v) is 5.99. The van der Waals surface area contributed by atoms with Crippen molar-refractivity contribution < 1.29 is 27.6 Å². The molecule has 31 heavy (non-hydrogen) atoms. The van der Waals surface area contributed by atoms with E-state index in [0.717, 1.165) is 6.07 Å². The van der Waals surface area contributed by atoms with Crippen molar-refractivity contribution in [1.29, 1.82) is 0 Å². The van der Waals surface area contributed by atoms with Gasteiger partial charge in [0.25, 0.3) is 0 Å². The van der Waals surface area contributed by atoms with Gasteiger partial charge in [-0.05, 0) is 43.2 Å². The number of carbonyl (C=O) groups excluding carboxylic acids is 3. The second-order valence-electron chi connectivity index (χ2n) is 8.14. The summed E-state index contributed by atoms with van der Waals surface area (Å²) in [6, 6.07) is 0.406. The van der Waals surface area contributed by atoms with Crippen molar-refractivity contribution in [3.63, 3.8) is 0 Å². The van der Waals surface area contributed by atoms with Crippen molar-refractivity contribution in [3.8, 4) is 0 Å². The van der Waals surface area contributed by atoms with Crippen LogP contribution < -0.4 is 16.4 Å². The average molecular weight is 440 g/mol. The van der Waals surface area contributed by atoms with Gasteiger partial charge < -0.3 is 21.3 Å². The molecule has 0 aliphatic carbocycles. The summed E-state index contributed by atoms with van der Waals surface area (Å²) in [4.78, 5) is 37.2. The van der Waals surface area contributed by atoms with E-state index in [1.165, 1.54) is 0 Å². The number of hydrogen-bond donors (Lipinski definition) is 3. The third kappa shape index (κ3) is 5.96. The van der Waals surface area contributed by atoms with Crippen LogP contribution >= 0.6 is 0 Å². The molecule has 2 aliphatic heterocycles. The Balaban J connectivity index is 1.39. The first-order chi connectivity index (χ1) is 14.7. The molecule has 0 radical (unpaired) electrons. The topological polar surface area (TPSA) is 105 Å². The number of amides is 3. The lowest BCUT2D eigenvalue weighted by Gasteiger charge is -2.35. The summed E-state index contributed by atoms with van der Waals surface area (Å²) in [5, 5.41) is 5.25. The Morgan fingerprint density at radius 3 is 2.45 bits per heavy atom. The van der Waals surface area contributed by atoms with Crippen molar-refractivity contribution in [1.82, 2.24) is 15.5 Å². The molecular formula is C21H27F3N4O3. The summed E-state index contributed by atoms with van der Waals surface area (Å²) in [5.74, 6) is -3.65. The van der Waals surface area contributed by atoms with E-state index in [0.29, 0.717) is 44.8 Å². The molecule has 7 nitrogen and oxygen atoms in total. The number of benzene rings is 1. The molecule has 0 spiro atoms. The van der Waals surface area contributed by atoms with Crippen LogP contribution in [-0.2, 0) is 20.8 Å². The van der Waals surface area contributed by atoms with E-state index >= 15 is 0 Å². The fourth-order valence-electron chi connectivity index (χ4n) is 4.10. The van der Waals surface area contributed by atoms with Crippen molar-refractivity contribution in [2.24, 2.45) is 11.7 Å². The molecule has 0 saturated carbocycles. The van der Waals surface area contributed by atoms with Crippen molar-refractivity contribution in [2.75, 3.05) is 19.6 Å². The number of halogens is 3. The zero-order valence-corrected chi connectivity index (χ0v) is 17.1. The minimum absolute atomic E-state index is 0.0299. The molecule has 10 heteroatoms. The smallest absolute Gasteiger partial charge is 0.242 e. The van der Waals surface area contributed by atoms with E-state index in [-0.39, 0.29) is 48.6 Å². The summed E-state index contributed by atoms with van der Waals surface area (Å²) < 4.78 is 40.3. The Kier molecular flexibility index (Phi) is 7.53. The van der Waals surface area contributed by atoms with Gasteiger partial charge in [-0.25, -0.2) is 13.2 Å². The van der Waals surface area contributed by atoms with Gasteiger partial charge in [-0.3, -0.25) is 14.4 Å². The fourth-order valence-corrected chi connectivity index (χ4v) is 4.10. The molecule has 3 rings (SSSR count). The van der Waals surface area contributed by atoms with Gasteiger partial charge in [-0.2, -0.15) is 0 Å². The monoisotopic (exact) mass is 440 g/mol. The number of carbonyl (C=O) groups is 3. The highest BCUT2D eigenvalue weighted by Gasteiger charge is 2.29. The fraction of sp³-hybridized carbons (Fsp3) is 0.571. The quantitative estimate of drug-likeness (QED) is 0.550. The first-order valence-corrected chi connectivity index (χ1v) is 10.5. The van der Waals surface area contributed by atoms with Crippen LogP contribution in [0.1, 0.15) is 37.7 Å². The van der Waals surface area contributed by atoms with E-state index in [9.17, 15) is 27.6 Å². The van der Waals surface area contributed by atoms with Crippen molar-refractivity contribution in [3.05, 3.63) is 35.1 Å². The molecular weight excluding hydrogens is 413 g/mol. The van der Waals surface area contributed by atoms with E-state index in [1.54, 1.807) is 4.90 Å². The second-order valence-corrected chi connectivity index (χ2v) is 8.14. The SMILES string of the molecule is NC(Cc1cc(F)c(F)cc1F)C1CCN(C(=O)CCNC(=O)C2CCC(=O)N2)CC1. The predicted octanol–water partition coefficient (Wildman–Crippen LogP) is 0.997. The van der Waals surface area contributed by atoms with Gasteiger partial charge in [0.1, 0.15) is 11.9 Å². The molecule has 3 amide bonds. The first-order valence-electron chi connectivity index (χ1n) is 10.5. The average Bonchev–Trinajstić information content (AvgIpc) is 3.18. The Bertz CT molecular complexity index is 843. The van der Waals surface area contributed by atoms with Gasteiger partial charge in [-0.15, -0.1) is 0 Å². The van der Waals surface area contributed by atoms with Gasteiger partial charge in [0.2, 0.25) is 17.7 Å². The molecule has 4 N–H and O–H groups in total. The molecule has 2 aliphatic rings. The van der Waals surface area contributed by atoms with Crippen molar-refractivity contribution in [2.45, 2.75) is 50.6 Å². The summed E-state index contributed by atoms with van der Waals surface area (Å²) in [6.45, 7) is 1.17. The minimum atomic E-state index is -1.23. The lowest BCUT2D eigenvalue weighted by Crippen LogP contribution is -2.46. The van der Waals surface area contributed by atoms with Crippen LogP contribution in [0.15, 0.2) is 12.1 Å². The summed E-state index contributed by atoms with van der Waals surface area (Å²) in [6.07, 6.45) is 2.28. The second kappa shape index (κ2) is 10.1. The Morgan fingerprint density at radius 1 is 1.13 bits per heavy atom. The van der Waals surface area contributed by atoms with Crippen LogP contribution in [0, 0.1) is 23.4 Å². The van der Waals surface area contributed by atoms with E-state index in [2.05, 4.69) is 10.6 Å². The number of rotatable bonds is 7. The van der Waals surface area contributed by atoms with Gasteiger partial charge in [0, 0.05) is 44.6 Å². The highest BCUT2D eigenvalue weighted by Crippen LogP contribution is 2.24. The van der Waals surface area contributed by atoms with Gasteiger partial charge >= 0.3 is 0 Å². The van der Waals surface area contributed by atoms with E-state index in [1.807, 2.05) is 0 Å². The molecule has 1 aromatic rings. The van der Waals surface area contributed by atoms with Crippen LogP contribution in [-0.4, -0.2) is 54.3 Å². The summed E-state index contributed by atoms with van der Waals surface area (Å²) in [5.41, 5.74) is 6.22. The van der Waals surface area contributed by atoms with Crippen LogP contribution in [0.25, 0.3) is 0 Å². The Labute approximate surface area is 178 Å². The molecule has 2 atom stereocenters. The highest BCUT2D eigenvalue weighted by molar-refractivity contribution is 5.91. The Hall–Kier alpha value is -2.62. The summed E-state index contributed by atoms with van der Waals surface area (Å²) in [7, 11) is 0. The first kappa shape index (κ1) is 23.1. The molecule has 170 valence electrons. The van der Waals surface area contributed by atoms with Gasteiger partial charge in [-0.1, -0.05) is 0 Å². The standard InChI is InChI=1S/C21H27F3N4O3/c22-14-11-16(24)15(23)9-13(14)10-17(25)12-4-7-28(8-5-12)20(30)3-6-26-21(31)18-1-2-19(29)27-18/h9,11-12,17-18H,1-8,10,25H2,(H,26,31)(H,27,29). The number of piperidine rings is 1. The summed E-state index contributed by atoms with van der Waals surface area (Å²) >= 11 is 0. The molecule has 0 bridgehead atoms. The maximum atomic E-state index is 13.9. The molecule has 2 unspecified atom stereocenters. The molecule has 2 heterocycles. The van der Waals surface area contributed by atoms with Gasteiger partial charge in [0.05, 0.1) is 0 Å². The minimum Gasteiger partial charge on any atom is -0.354 e. The number of hydrogen-bond acceptors (Lipinski definition) is 4. The van der Waals surface area contributed by atoms with Crippen LogP contribution in [0.4, 0.5) is 13.2 Å². The normalized spacial score (nSPS) is 20.5. The maximum Gasteiger partial charge on any atom is 0.242 e. The number of likely N-dealkylation sites (tertiary alicyclic amines) is 1. The van der Waals surface area contributed by atoms with E-state index < -0.39 is 29.5 Å². The van der Waals surface area contributed by atoms with Crippen LogP contribution in [0.3, 0.4) is 0 Å². The maximum absolute atomic E-state index is 13.9. The molecule has 2 saturated heterocycles. The Morgan fingerprint density at radius 2 is 1.81 bits per heavy atom. The molecule has 1 aromatic carbocycles. The van der Waals surface area contributed by atoms with Crippen LogP contribution in [0.5, 0.6) is 0 Å². The van der Waals surface area contributed by atoms with Gasteiger partial charge in [0.15, 0.2) is 11.6 Å². The lowest BCUT2D eigenvalue weighted by molar-refractivity contribution is -0.133. The van der Waals surface area contributed by atoms with E-state index in [4.69, 9.17) is 5.73 Å². The number of nitrogens with zero attached hydrogens (tertiary/aromatic N) is 1. The lowest BCUT2D eigenvalue weighted by atomic mass is 9.86. The highest BCUT2D eigenvalue weighted by atomic mass is 19.2. The zero-order valence-electron chi connectivity index (χ0n) is 17.1. The zero-order chi connectivity index (χ0) is 22.5. The molecule has 2 fully saturated rings. The number of nitrogens with two attached hydrogens (primary N) is 1. The van der Waals surface area contributed by atoms with Crippen LogP contribution in [0.2, 0.25) is 0 Å². The molecule has 0 aromatic heterocycles. The largest absolute Gasteiger partial charge is 0.354 e. The van der Waals surface area contributed by atoms with Crippen molar-refractivity contribution >= 4 is 17.7 Å². The third-order valence-electron chi connectivity index (χ3n) is 5.99.